The molecule has 0 radical (unpaired) electrons. The van der Waals surface area contributed by atoms with Gasteiger partial charge in [-0.1, -0.05) is 19.9 Å². The Hall–Kier alpha value is -2.08. The van der Waals surface area contributed by atoms with Crippen molar-refractivity contribution in [3.05, 3.63) is 29.3 Å². The topological polar surface area (TPSA) is 84.9 Å². The fraction of sp³-hybridized carbons (Fsp3) is 0.619. The Morgan fingerprint density at radius 3 is 2.48 bits per heavy atom. The Kier molecular flexibility index (Phi) is 6.87. The molecule has 6 heteroatoms. The van der Waals surface area contributed by atoms with Crippen molar-refractivity contribution in [1.82, 2.24) is 5.32 Å². The average molecular weight is 377 g/mol. The molecular formula is C21H31NO5. The van der Waals surface area contributed by atoms with Crippen molar-refractivity contribution >= 4 is 11.9 Å². The lowest BCUT2D eigenvalue weighted by molar-refractivity contribution is -0.166. The summed E-state index contributed by atoms with van der Waals surface area (Å²) in [4.78, 5) is 24.5. The first-order chi connectivity index (χ1) is 12.6. The second kappa shape index (κ2) is 8.74. The minimum Gasteiger partial charge on any atom is -0.478 e. The summed E-state index contributed by atoms with van der Waals surface area (Å²) in [6, 6.07) is 5.05. The van der Waals surface area contributed by atoms with Crippen LogP contribution in [0.15, 0.2) is 18.2 Å². The quantitative estimate of drug-likeness (QED) is 0.737. The van der Waals surface area contributed by atoms with Gasteiger partial charge in [0.15, 0.2) is 6.10 Å². The number of carboxylic acid groups (broad SMARTS) is 1. The molecular weight excluding hydrogens is 346 g/mol. The van der Waals surface area contributed by atoms with E-state index in [9.17, 15) is 14.7 Å². The summed E-state index contributed by atoms with van der Waals surface area (Å²) >= 11 is 0. The number of benzene rings is 1. The van der Waals surface area contributed by atoms with Crippen LogP contribution in [0.1, 0.15) is 69.3 Å². The van der Waals surface area contributed by atoms with Gasteiger partial charge in [0.2, 0.25) is 0 Å². The van der Waals surface area contributed by atoms with Crippen LogP contribution < -0.4 is 10.1 Å². The highest BCUT2D eigenvalue weighted by Crippen LogP contribution is 2.29. The van der Waals surface area contributed by atoms with Crippen LogP contribution in [0.2, 0.25) is 0 Å². The number of esters is 1. The molecule has 2 N–H and O–H groups in total. The summed E-state index contributed by atoms with van der Waals surface area (Å²) in [5.74, 6) is -1.17. The van der Waals surface area contributed by atoms with Gasteiger partial charge in [-0.2, -0.15) is 0 Å². The molecule has 0 spiro atoms. The van der Waals surface area contributed by atoms with Gasteiger partial charge in [0.1, 0.15) is 16.9 Å². The van der Waals surface area contributed by atoms with Gasteiger partial charge in [0, 0.05) is 12.5 Å². The van der Waals surface area contributed by atoms with Crippen LogP contribution in [0.4, 0.5) is 0 Å². The molecule has 1 fully saturated rings. The van der Waals surface area contributed by atoms with E-state index in [2.05, 4.69) is 5.32 Å². The number of carbonyl (C=O) groups is 2. The molecule has 6 nitrogen and oxygen atoms in total. The van der Waals surface area contributed by atoms with Crippen molar-refractivity contribution in [1.29, 1.82) is 0 Å². The molecule has 0 saturated carbocycles. The Bertz CT molecular complexity index is 672. The van der Waals surface area contributed by atoms with Crippen LogP contribution in [0, 0.1) is 5.92 Å². The molecule has 1 aliphatic rings. The highest BCUT2D eigenvalue weighted by Gasteiger charge is 2.36. The molecule has 1 aromatic rings. The molecule has 1 aliphatic heterocycles. The van der Waals surface area contributed by atoms with Crippen molar-refractivity contribution in [2.45, 2.75) is 65.1 Å². The highest BCUT2D eigenvalue weighted by atomic mass is 16.6. The number of piperidine rings is 1. The number of ether oxygens (including phenoxy) is 2. The summed E-state index contributed by atoms with van der Waals surface area (Å²) < 4.78 is 11.6. The molecule has 150 valence electrons. The Morgan fingerprint density at radius 2 is 1.96 bits per heavy atom. The van der Waals surface area contributed by atoms with Crippen LogP contribution in [-0.2, 0) is 9.53 Å². The summed E-state index contributed by atoms with van der Waals surface area (Å²) in [6.45, 7) is 11.0. The number of carboxylic acids is 1. The molecule has 0 bridgehead atoms. The first kappa shape index (κ1) is 21.2. The summed E-state index contributed by atoms with van der Waals surface area (Å²) in [5.41, 5.74) is 0.368. The van der Waals surface area contributed by atoms with Crippen LogP contribution in [-0.4, -0.2) is 41.8 Å². The summed E-state index contributed by atoms with van der Waals surface area (Å²) in [7, 11) is 0. The van der Waals surface area contributed by atoms with E-state index in [4.69, 9.17) is 9.47 Å². The Balaban J connectivity index is 2.37. The minimum atomic E-state index is -1.08. The van der Waals surface area contributed by atoms with E-state index in [1.807, 2.05) is 34.6 Å². The number of carbonyl (C=O) groups excluding carboxylic acids is 1. The van der Waals surface area contributed by atoms with Gasteiger partial charge >= 0.3 is 11.9 Å². The van der Waals surface area contributed by atoms with Gasteiger partial charge < -0.3 is 19.9 Å². The molecule has 1 aromatic carbocycles. The van der Waals surface area contributed by atoms with E-state index < -0.39 is 23.6 Å². The Morgan fingerprint density at radius 1 is 1.26 bits per heavy atom. The van der Waals surface area contributed by atoms with Gasteiger partial charge in [-0.15, -0.1) is 0 Å². The molecule has 0 amide bonds. The molecule has 2 atom stereocenters. The van der Waals surface area contributed by atoms with Crippen molar-refractivity contribution in [2.75, 3.05) is 13.1 Å². The second-order valence-electron chi connectivity index (χ2n) is 8.39. The number of hydrogen-bond acceptors (Lipinski definition) is 5. The number of nitrogens with one attached hydrogen (secondary N) is 1. The smallest absolute Gasteiger partial charge is 0.348 e. The minimum absolute atomic E-state index is 0.0525. The first-order valence-corrected chi connectivity index (χ1v) is 9.56. The standard InChI is InChI=1S/C21H31NO5/c1-13(2)14-8-9-16(19(23)24)17(11-14)26-18(15-7-6-10-22-12-15)20(25)27-21(3,4)5/h8-9,11,13,15,18,22H,6-7,10,12H2,1-5H3,(H,23,24). The van der Waals surface area contributed by atoms with Crippen molar-refractivity contribution in [3.63, 3.8) is 0 Å². The summed E-state index contributed by atoms with van der Waals surface area (Å²) in [6.07, 6.45) is 0.909. The third kappa shape index (κ3) is 5.96. The maximum atomic E-state index is 12.8. The van der Waals surface area contributed by atoms with E-state index in [0.29, 0.717) is 6.54 Å². The maximum Gasteiger partial charge on any atom is 0.348 e. The van der Waals surface area contributed by atoms with Crippen molar-refractivity contribution < 1.29 is 24.2 Å². The van der Waals surface area contributed by atoms with Crippen LogP contribution >= 0.6 is 0 Å². The SMILES string of the molecule is CC(C)c1ccc(C(=O)O)c(OC(C(=O)OC(C)(C)C)C2CCCNC2)c1. The third-order valence-electron chi connectivity index (χ3n) is 4.56. The van der Waals surface area contributed by atoms with E-state index in [1.54, 1.807) is 12.1 Å². The first-order valence-electron chi connectivity index (χ1n) is 9.56. The predicted molar refractivity (Wildman–Crippen MR) is 103 cm³/mol. The zero-order valence-corrected chi connectivity index (χ0v) is 16.9. The maximum absolute atomic E-state index is 12.8. The van der Waals surface area contributed by atoms with Crippen LogP contribution in [0.5, 0.6) is 5.75 Å². The molecule has 1 saturated heterocycles. The molecule has 0 aromatic heterocycles. The Labute approximate surface area is 161 Å². The molecule has 1 heterocycles. The number of hydrogen-bond donors (Lipinski definition) is 2. The lowest BCUT2D eigenvalue weighted by Gasteiger charge is -2.32. The number of rotatable bonds is 6. The van der Waals surface area contributed by atoms with E-state index in [-0.39, 0.29) is 23.1 Å². The summed E-state index contributed by atoms with van der Waals surface area (Å²) in [5, 5.41) is 12.8. The zero-order chi connectivity index (χ0) is 20.2. The highest BCUT2D eigenvalue weighted by molar-refractivity contribution is 5.91. The molecule has 2 rings (SSSR count). The van der Waals surface area contributed by atoms with E-state index in [1.165, 1.54) is 6.07 Å². The van der Waals surface area contributed by atoms with E-state index in [0.717, 1.165) is 24.9 Å². The zero-order valence-electron chi connectivity index (χ0n) is 16.9. The van der Waals surface area contributed by atoms with Crippen LogP contribution in [0.25, 0.3) is 0 Å². The largest absolute Gasteiger partial charge is 0.478 e. The predicted octanol–water partition coefficient (Wildman–Crippen LogP) is 3.60. The monoisotopic (exact) mass is 377 g/mol. The van der Waals surface area contributed by atoms with Gasteiger partial charge in [-0.3, -0.25) is 0 Å². The van der Waals surface area contributed by atoms with Gasteiger partial charge in [-0.05, 0) is 63.8 Å². The molecule has 2 unspecified atom stereocenters. The van der Waals surface area contributed by atoms with Gasteiger partial charge in [-0.25, -0.2) is 9.59 Å². The van der Waals surface area contributed by atoms with Crippen LogP contribution in [0.3, 0.4) is 0 Å². The third-order valence-corrected chi connectivity index (χ3v) is 4.56. The van der Waals surface area contributed by atoms with Crippen molar-refractivity contribution in [3.8, 4) is 5.75 Å². The molecule has 0 aliphatic carbocycles. The average Bonchev–Trinajstić information content (AvgIpc) is 2.58. The van der Waals surface area contributed by atoms with Gasteiger partial charge in [0.25, 0.3) is 0 Å². The lowest BCUT2D eigenvalue weighted by atomic mass is 9.93. The number of aromatic carboxylic acids is 1. The lowest BCUT2D eigenvalue weighted by Crippen LogP contribution is -2.46. The van der Waals surface area contributed by atoms with Crippen molar-refractivity contribution in [2.24, 2.45) is 5.92 Å². The fourth-order valence-electron chi connectivity index (χ4n) is 3.14. The van der Waals surface area contributed by atoms with Gasteiger partial charge in [0.05, 0.1) is 0 Å². The normalized spacial score (nSPS) is 18.8. The molecule has 27 heavy (non-hydrogen) atoms. The van der Waals surface area contributed by atoms with E-state index >= 15 is 0 Å². The second-order valence-corrected chi connectivity index (χ2v) is 8.39. The fourth-order valence-corrected chi connectivity index (χ4v) is 3.14.